The van der Waals surface area contributed by atoms with Gasteiger partial charge in [0.05, 0.1) is 11.9 Å². The van der Waals surface area contributed by atoms with E-state index in [4.69, 9.17) is 0 Å². The van der Waals surface area contributed by atoms with E-state index in [0.717, 1.165) is 43.3 Å². The summed E-state index contributed by atoms with van der Waals surface area (Å²) in [6.07, 6.45) is 10.0. The zero-order valence-electron chi connectivity index (χ0n) is 17.7. The molecular formula is C24H27N5O2. The molecule has 2 amide bonds. The third kappa shape index (κ3) is 3.92. The highest BCUT2D eigenvalue weighted by Crippen LogP contribution is 2.36. The normalized spacial score (nSPS) is 22.6. The average molecular weight is 418 g/mol. The van der Waals surface area contributed by atoms with Crippen molar-refractivity contribution in [2.75, 3.05) is 0 Å². The lowest BCUT2D eigenvalue weighted by molar-refractivity contribution is -0.135. The summed E-state index contributed by atoms with van der Waals surface area (Å²) in [6.45, 7) is 1.84. The van der Waals surface area contributed by atoms with Crippen molar-refractivity contribution < 1.29 is 9.59 Å². The van der Waals surface area contributed by atoms with Gasteiger partial charge in [0, 0.05) is 47.8 Å². The summed E-state index contributed by atoms with van der Waals surface area (Å²) in [5.41, 5.74) is 3.43. The van der Waals surface area contributed by atoms with Crippen molar-refractivity contribution in [2.24, 2.45) is 0 Å². The maximum absolute atomic E-state index is 13.1. The number of piperidine rings is 1. The Labute approximate surface area is 181 Å². The van der Waals surface area contributed by atoms with Crippen LogP contribution in [0.15, 0.2) is 42.9 Å². The Kier molecular flexibility index (Phi) is 5.18. The molecule has 2 aliphatic rings. The molecule has 2 fully saturated rings. The van der Waals surface area contributed by atoms with Crippen LogP contribution in [0.4, 0.5) is 0 Å². The van der Waals surface area contributed by atoms with Crippen molar-refractivity contribution in [3.05, 3.63) is 59.8 Å². The molecule has 0 spiro atoms. The number of nitrogens with one attached hydrogen (secondary N) is 2. The van der Waals surface area contributed by atoms with Gasteiger partial charge in [0.1, 0.15) is 5.69 Å². The predicted molar refractivity (Wildman–Crippen MR) is 118 cm³/mol. The topological polar surface area (TPSA) is 91.0 Å². The van der Waals surface area contributed by atoms with Gasteiger partial charge in [-0.25, -0.2) is 4.98 Å². The van der Waals surface area contributed by atoms with Gasteiger partial charge in [-0.2, -0.15) is 0 Å². The van der Waals surface area contributed by atoms with Crippen molar-refractivity contribution in [2.45, 2.75) is 63.6 Å². The lowest BCUT2D eigenvalue weighted by atomic mass is 9.96. The summed E-state index contributed by atoms with van der Waals surface area (Å²) < 4.78 is 0. The smallest absolute Gasteiger partial charge is 0.271 e. The number of aryl methyl sites for hydroxylation is 2. The molecule has 1 aromatic carbocycles. The fourth-order valence-corrected chi connectivity index (χ4v) is 5.18. The van der Waals surface area contributed by atoms with Crippen molar-refractivity contribution in [3.63, 3.8) is 0 Å². The first-order valence-electron chi connectivity index (χ1n) is 11.0. The molecule has 1 unspecified atom stereocenters. The first-order chi connectivity index (χ1) is 15.1. The van der Waals surface area contributed by atoms with E-state index < -0.39 is 0 Å². The van der Waals surface area contributed by atoms with Crippen LogP contribution in [0.1, 0.15) is 53.8 Å². The molecular weight excluding hydrogens is 390 g/mol. The fraction of sp³-hybridized carbons (Fsp3) is 0.417. The number of nitrogens with zero attached hydrogens (tertiary/aromatic N) is 3. The Balaban J connectivity index is 1.19. The summed E-state index contributed by atoms with van der Waals surface area (Å²) in [6, 6.07) is 8.70. The molecule has 0 aliphatic carbocycles. The lowest BCUT2D eigenvalue weighted by Crippen LogP contribution is -2.52. The predicted octanol–water partition coefficient (Wildman–Crippen LogP) is 3.15. The highest BCUT2D eigenvalue weighted by molar-refractivity contribution is 5.92. The molecule has 0 saturated carbocycles. The van der Waals surface area contributed by atoms with E-state index >= 15 is 0 Å². The van der Waals surface area contributed by atoms with E-state index in [1.165, 1.54) is 17.1 Å². The second kappa shape index (κ2) is 8.13. The summed E-state index contributed by atoms with van der Waals surface area (Å²) in [4.78, 5) is 39.3. The highest BCUT2D eigenvalue weighted by Gasteiger charge is 2.43. The van der Waals surface area contributed by atoms with Crippen LogP contribution in [0.5, 0.6) is 0 Å². The molecule has 3 aromatic rings. The maximum atomic E-state index is 13.1. The van der Waals surface area contributed by atoms with Gasteiger partial charge in [0.2, 0.25) is 5.91 Å². The quantitative estimate of drug-likeness (QED) is 0.667. The minimum atomic E-state index is -0.184. The van der Waals surface area contributed by atoms with Gasteiger partial charge in [-0.15, -0.1) is 0 Å². The standard InChI is InChI=1S/C24H27N5O2/c1-15-12-26-22(14-25-15)24(31)28-17-10-18-7-8-19(11-17)29(18)23(30)9-6-16-13-27-21-5-3-2-4-20(16)21/h2-5,12-14,17-19,27H,6-11H2,1H3,(H,28,31)/t17?,18-,19+. The number of benzene rings is 1. The van der Waals surface area contributed by atoms with Gasteiger partial charge in [-0.1, -0.05) is 18.2 Å². The van der Waals surface area contributed by atoms with Crippen LogP contribution in [0.25, 0.3) is 10.9 Å². The molecule has 4 heterocycles. The number of amides is 2. The Bertz CT molecular complexity index is 1090. The molecule has 2 aliphatic heterocycles. The van der Waals surface area contributed by atoms with Gasteiger partial charge < -0.3 is 15.2 Å². The van der Waals surface area contributed by atoms with Crippen molar-refractivity contribution in [1.29, 1.82) is 0 Å². The highest BCUT2D eigenvalue weighted by atomic mass is 16.2. The van der Waals surface area contributed by atoms with Crippen LogP contribution >= 0.6 is 0 Å². The first kappa shape index (κ1) is 19.7. The molecule has 2 aromatic heterocycles. The van der Waals surface area contributed by atoms with Gasteiger partial charge in [-0.3, -0.25) is 14.6 Å². The number of fused-ring (bicyclic) bond motifs is 3. The minimum absolute atomic E-state index is 0.0748. The van der Waals surface area contributed by atoms with Crippen LogP contribution in [0, 0.1) is 6.92 Å². The number of rotatable bonds is 5. The van der Waals surface area contributed by atoms with E-state index in [2.05, 4.69) is 37.3 Å². The Morgan fingerprint density at radius 3 is 2.65 bits per heavy atom. The molecule has 31 heavy (non-hydrogen) atoms. The van der Waals surface area contributed by atoms with Crippen molar-refractivity contribution in [3.8, 4) is 0 Å². The minimum Gasteiger partial charge on any atom is -0.361 e. The van der Waals surface area contributed by atoms with Crippen LogP contribution in [0.3, 0.4) is 0 Å². The SMILES string of the molecule is Cc1cnc(C(=O)NC2C[C@H]3CC[C@@H](C2)N3C(=O)CCc2c[nH]c3ccccc23)cn1. The van der Waals surface area contributed by atoms with Crippen molar-refractivity contribution >= 4 is 22.7 Å². The summed E-state index contributed by atoms with van der Waals surface area (Å²) in [7, 11) is 0. The Morgan fingerprint density at radius 1 is 1.13 bits per heavy atom. The number of aromatic nitrogens is 3. The van der Waals surface area contributed by atoms with Crippen LogP contribution in [0.2, 0.25) is 0 Å². The van der Waals surface area contributed by atoms with E-state index in [1.807, 2.05) is 25.3 Å². The third-order valence-corrected chi connectivity index (χ3v) is 6.65. The zero-order chi connectivity index (χ0) is 21.4. The van der Waals surface area contributed by atoms with Gasteiger partial charge in [-0.05, 0) is 50.7 Å². The molecule has 5 rings (SSSR count). The van der Waals surface area contributed by atoms with Gasteiger partial charge in [0.25, 0.3) is 5.91 Å². The molecule has 2 N–H and O–H groups in total. The number of para-hydroxylation sites is 1. The van der Waals surface area contributed by atoms with Gasteiger partial charge in [0.15, 0.2) is 0 Å². The van der Waals surface area contributed by atoms with E-state index in [-0.39, 0.29) is 29.9 Å². The molecule has 3 atom stereocenters. The molecule has 160 valence electrons. The van der Waals surface area contributed by atoms with Crippen molar-refractivity contribution in [1.82, 2.24) is 25.2 Å². The molecule has 0 radical (unpaired) electrons. The molecule has 2 saturated heterocycles. The van der Waals surface area contributed by atoms with E-state index in [0.29, 0.717) is 12.1 Å². The average Bonchev–Trinajstić information content (AvgIpc) is 3.31. The number of carbonyl (C=O) groups is 2. The summed E-state index contributed by atoms with van der Waals surface area (Å²) >= 11 is 0. The number of hydrogen-bond acceptors (Lipinski definition) is 4. The number of carbonyl (C=O) groups excluding carboxylic acids is 2. The lowest BCUT2D eigenvalue weighted by Gasteiger charge is -2.39. The Morgan fingerprint density at radius 2 is 1.90 bits per heavy atom. The summed E-state index contributed by atoms with van der Waals surface area (Å²) in [5.74, 6) is 0.0444. The zero-order valence-corrected chi connectivity index (χ0v) is 17.7. The second-order valence-electron chi connectivity index (χ2n) is 8.73. The maximum Gasteiger partial charge on any atom is 0.271 e. The fourth-order valence-electron chi connectivity index (χ4n) is 5.18. The first-order valence-corrected chi connectivity index (χ1v) is 11.0. The third-order valence-electron chi connectivity index (χ3n) is 6.65. The number of H-pyrrole nitrogens is 1. The number of aromatic amines is 1. The molecule has 7 nitrogen and oxygen atoms in total. The monoisotopic (exact) mass is 417 g/mol. The van der Waals surface area contributed by atoms with Crippen LogP contribution in [-0.2, 0) is 11.2 Å². The van der Waals surface area contributed by atoms with Gasteiger partial charge >= 0.3 is 0 Å². The van der Waals surface area contributed by atoms with Crippen LogP contribution in [-0.4, -0.2) is 49.8 Å². The summed E-state index contributed by atoms with van der Waals surface area (Å²) in [5, 5.41) is 4.30. The number of hydrogen-bond donors (Lipinski definition) is 2. The molecule has 7 heteroatoms. The molecule has 2 bridgehead atoms. The van der Waals surface area contributed by atoms with E-state index in [9.17, 15) is 9.59 Å². The largest absolute Gasteiger partial charge is 0.361 e. The Hall–Kier alpha value is -3.22. The van der Waals surface area contributed by atoms with Crippen LogP contribution < -0.4 is 5.32 Å². The second-order valence-corrected chi connectivity index (χ2v) is 8.73. The van der Waals surface area contributed by atoms with E-state index in [1.54, 1.807) is 6.20 Å².